The van der Waals surface area contributed by atoms with Gasteiger partial charge in [0.05, 0.1) is 29.6 Å². The molecule has 7 nitrogen and oxygen atoms in total. The topological polar surface area (TPSA) is 127 Å². The first-order valence-corrected chi connectivity index (χ1v) is 15.5. The van der Waals surface area contributed by atoms with Gasteiger partial charge in [-0.1, -0.05) is 41.4 Å². The third kappa shape index (κ3) is 7.02. The molecular weight excluding hydrogens is 599 g/mol. The van der Waals surface area contributed by atoms with Gasteiger partial charge in [-0.05, 0) is 60.9 Å². The SMILES string of the molecule is CC(=NCC(=O)c1ccc(C(=O)CCc2ccc(S(N)(=O)=O)cc2)s1)c1csc(-c2ccc(Cl)c(Cl)c2)c1O. The molecular formula is C27H22Cl2N2O5S3. The second kappa shape index (κ2) is 12.1. The molecule has 0 atom stereocenters. The number of rotatable bonds is 10. The van der Waals surface area contributed by atoms with E-state index in [-0.39, 0.29) is 35.2 Å². The van der Waals surface area contributed by atoms with Gasteiger partial charge in [0.2, 0.25) is 10.0 Å². The summed E-state index contributed by atoms with van der Waals surface area (Å²) in [5, 5.41) is 18.4. The maximum Gasteiger partial charge on any atom is 0.238 e. The summed E-state index contributed by atoms with van der Waals surface area (Å²) in [5.74, 6) is -0.306. The molecule has 0 fully saturated rings. The lowest BCUT2D eigenvalue weighted by molar-refractivity contribution is 0.0984. The number of hydrogen-bond donors (Lipinski definition) is 2. The molecule has 0 bridgehead atoms. The van der Waals surface area contributed by atoms with Crippen LogP contribution in [0.4, 0.5) is 0 Å². The first-order chi connectivity index (χ1) is 18.4. The molecule has 3 N–H and O–H groups in total. The molecule has 0 amide bonds. The molecule has 0 saturated carbocycles. The van der Waals surface area contributed by atoms with E-state index >= 15 is 0 Å². The van der Waals surface area contributed by atoms with Crippen molar-refractivity contribution in [3.63, 3.8) is 0 Å². The Balaban J connectivity index is 1.37. The van der Waals surface area contributed by atoms with Crippen molar-refractivity contribution in [1.29, 1.82) is 0 Å². The van der Waals surface area contributed by atoms with Crippen LogP contribution in [0.3, 0.4) is 0 Å². The van der Waals surface area contributed by atoms with Crippen molar-refractivity contribution in [3.05, 3.63) is 90.9 Å². The highest BCUT2D eigenvalue weighted by molar-refractivity contribution is 7.89. The summed E-state index contributed by atoms with van der Waals surface area (Å²) < 4.78 is 22.7. The number of primary sulfonamides is 1. The molecule has 0 saturated heterocycles. The fourth-order valence-electron chi connectivity index (χ4n) is 3.67. The van der Waals surface area contributed by atoms with Crippen LogP contribution in [0.15, 0.2) is 69.9 Å². The molecule has 4 rings (SSSR count). The molecule has 0 aliphatic carbocycles. The number of carbonyl (C=O) groups excluding carboxylic acids is 2. The largest absolute Gasteiger partial charge is 0.506 e. The first kappa shape index (κ1) is 29.1. The molecule has 12 heteroatoms. The molecule has 2 aromatic carbocycles. The Morgan fingerprint density at radius 1 is 0.974 bits per heavy atom. The number of aromatic hydroxyl groups is 1. The van der Waals surface area contributed by atoms with E-state index in [4.69, 9.17) is 28.3 Å². The number of carbonyl (C=O) groups is 2. The van der Waals surface area contributed by atoms with Gasteiger partial charge >= 0.3 is 0 Å². The number of aryl methyl sites for hydroxylation is 1. The number of nitrogens with two attached hydrogens (primary N) is 1. The molecule has 39 heavy (non-hydrogen) atoms. The Kier molecular flexibility index (Phi) is 9.05. The van der Waals surface area contributed by atoms with Gasteiger partial charge in [0.25, 0.3) is 0 Å². The molecule has 0 unspecified atom stereocenters. The van der Waals surface area contributed by atoms with Crippen molar-refractivity contribution in [2.75, 3.05) is 6.54 Å². The summed E-state index contributed by atoms with van der Waals surface area (Å²) in [6, 6.07) is 14.4. The van der Waals surface area contributed by atoms with Crippen LogP contribution >= 0.6 is 45.9 Å². The normalized spacial score (nSPS) is 12.1. The van der Waals surface area contributed by atoms with Gasteiger partial charge in [-0.3, -0.25) is 14.6 Å². The smallest absolute Gasteiger partial charge is 0.238 e. The first-order valence-electron chi connectivity index (χ1n) is 11.5. The molecule has 2 heterocycles. The fraction of sp³-hybridized carbons (Fsp3) is 0.148. The highest BCUT2D eigenvalue weighted by Crippen LogP contribution is 2.40. The van der Waals surface area contributed by atoms with E-state index in [1.807, 2.05) is 0 Å². The Morgan fingerprint density at radius 3 is 2.28 bits per heavy atom. The maximum atomic E-state index is 12.7. The van der Waals surface area contributed by atoms with Crippen molar-refractivity contribution in [3.8, 4) is 16.2 Å². The van der Waals surface area contributed by atoms with Gasteiger partial charge in [0, 0.05) is 23.1 Å². The van der Waals surface area contributed by atoms with E-state index in [9.17, 15) is 23.1 Å². The van der Waals surface area contributed by atoms with Gasteiger partial charge in [-0.15, -0.1) is 22.7 Å². The lowest BCUT2D eigenvalue weighted by atomic mass is 10.1. The number of aliphatic imine (C=N–C) groups is 1. The van der Waals surface area contributed by atoms with Crippen LogP contribution in [0, 0.1) is 0 Å². The second-order valence-corrected chi connectivity index (χ2v) is 12.9. The number of benzene rings is 2. The molecule has 0 spiro atoms. The van der Waals surface area contributed by atoms with Gasteiger partial charge < -0.3 is 5.11 Å². The molecule has 0 aliphatic heterocycles. The van der Waals surface area contributed by atoms with Crippen LogP contribution in [0.5, 0.6) is 5.75 Å². The Bertz CT molecular complexity index is 1690. The van der Waals surface area contributed by atoms with E-state index < -0.39 is 10.0 Å². The summed E-state index contributed by atoms with van der Waals surface area (Å²) in [7, 11) is -3.77. The summed E-state index contributed by atoms with van der Waals surface area (Å²) in [5.41, 5.74) is 2.54. The summed E-state index contributed by atoms with van der Waals surface area (Å²) in [4.78, 5) is 31.2. The van der Waals surface area contributed by atoms with E-state index in [1.165, 1.54) is 23.5 Å². The van der Waals surface area contributed by atoms with Crippen LogP contribution in [0.1, 0.15) is 43.8 Å². The number of thiophene rings is 2. The highest BCUT2D eigenvalue weighted by Gasteiger charge is 2.17. The van der Waals surface area contributed by atoms with Crippen molar-refractivity contribution in [2.24, 2.45) is 10.1 Å². The molecule has 2 aromatic heterocycles. The lowest BCUT2D eigenvalue weighted by Crippen LogP contribution is -2.11. The predicted octanol–water partition coefficient (Wildman–Crippen LogP) is 6.64. The maximum absolute atomic E-state index is 12.7. The minimum absolute atomic E-state index is 0.0120. The highest BCUT2D eigenvalue weighted by atomic mass is 35.5. The van der Waals surface area contributed by atoms with Gasteiger partial charge in [0.15, 0.2) is 11.6 Å². The number of halogens is 2. The minimum Gasteiger partial charge on any atom is -0.506 e. The number of ketones is 2. The van der Waals surface area contributed by atoms with E-state index in [1.54, 1.807) is 54.8 Å². The zero-order chi connectivity index (χ0) is 28.3. The average Bonchev–Trinajstić information content (AvgIpc) is 3.54. The predicted molar refractivity (Wildman–Crippen MR) is 158 cm³/mol. The van der Waals surface area contributed by atoms with Gasteiger partial charge in [-0.25, -0.2) is 13.6 Å². The third-order valence-corrected chi connectivity index (χ3v) is 9.70. The van der Waals surface area contributed by atoms with Gasteiger partial charge in [0.1, 0.15) is 12.3 Å². The Morgan fingerprint density at radius 2 is 1.64 bits per heavy atom. The van der Waals surface area contributed by atoms with Crippen LogP contribution in [0.2, 0.25) is 10.0 Å². The lowest BCUT2D eigenvalue weighted by Gasteiger charge is -2.03. The monoisotopic (exact) mass is 620 g/mol. The second-order valence-electron chi connectivity index (χ2n) is 8.56. The zero-order valence-electron chi connectivity index (χ0n) is 20.5. The van der Waals surface area contributed by atoms with Crippen LogP contribution in [0.25, 0.3) is 10.4 Å². The number of Topliss-reactive ketones (excluding diaryl/α,β-unsaturated/α-hetero) is 2. The molecule has 0 radical (unpaired) electrons. The van der Waals surface area contributed by atoms with Crippen molar-refractivity contribution >= 4 is 73.2 Å². The van der Waals surface area contributed by atoms with E-state index in [0.717, 1.165) is 22.5 Å². The number of nitrogens with zero attached hydrogens (tertiary/aromatic N) is 1. The number of hydrogen-bond acceptors (Lipinski definition) is 8. The van der Waals surface area contributed by atoms with Crippen LogP contribution in [-0.4, -0.2) is 37.3 Å². The summed E-state index contributed by atoms with van der Waals surface area (Å²) in [6.45, 7) is 1.58. The quantitative estimate of drug-likeness (QED) is 0.152. The van der Waals surface area contributed by atoms with Gasteiger partial charge in [-0.2, -0.15) is 0 Å². The fourth-order valence-corrected chi connectivity index (χ4v) is 6.39. The summed E-state index contributed by atoms with van der Waals surface area (Å²) >= 11 is 14.5. The van der Waals surface area contributed by atoms with Crippen molar-refractivity contribution in [1.82, 2.24) is 0 Å². The van der Waals surface area contributed by atoms with Crippen molar-refractivity contribution < 1.29 is 23.1 Å². The van der Waals surface area contributed by atoms with Crippen molar-refractivity contribution in [2.45, 2.75) is 24.7 Å². The average molecular weight is 622 g/mol. The Labute approximate surface area is 243 Å². The van der Waals surface area contributed by atoms with E-state index in [0.29, 0.717) is 42.4 Å². The zero-order valence-corrected chi connectivity index (χ0v) is 24.4. The molecule has 202 valence electrons. The minimum atomic E-state index is -3.77. The van der Waals surface area contributed by atoms with Crippen LogP contribution in [-0.2, 0) is 16.4 Å². The van der Waals surface area contributed by atoms with E-state index in [2.05, 4.69) is 4.99 Å². The standard InChI is InChI=1S/C27H22Cl2N2O5S3/c1-15(19-14-37-27(26(19)34)17-5-8-20(28)21(29)12-17)31-13-23(33)25-11-10-24(38-25)22(32)9-4-16-2-6-18(7-3-16)39(30,35)36/h2-3,5-8,10-12,14,34H,4,9,13H2,1H3,(H2,30,35,36). The molecule has 0 aliphatic rings. The Hall–Kier alpha value is -2.86. The number of sulfonamides is 1. The third-order valence-electron chi connectivity index (χ3n) is 5.84. The summed E-state index contributed by atoms with van der Waals surface area (Å²) in [6.07, 6.45) is 0.626. The molecule has 4 aromatic rings. The van der Waals surface area contributed by atoms with Crippen LogP contribution < -0.4 is 5.14 Å².